The van der Waals surface area contributed by atoms with E-state index < -0.39 is 0 Å². The van der Waals surface area contributed by atoms with Gasteiger partial charge in [-0.1, -0.05) is 0 Å². The molecule has 1 fully saturated rings. The molecule has 0 aromatic heterocycles. The number of halogens is 1. The van der Waals surface area contributed by atoms with Crippen LogP contribution in [0.1, 0.15) is 37.0 Å². The van der Waals surface area contributed by atoms with E-state index in [9.17, 15) is 9.18 Å². The number of carbonyl (C=O) groups is 1. The molecule has 0 radical (unpaired) electrons. The Labute approximate surface area is 120 Å². The zero-order valence-electron chi connectivity index (χ0n) is 12.2. The van der Waals surface area contributed by atoms with Crippen molar-refractivity contribution in [2.75, 3.05) is 19.6 Å². The van der Waals surface area contributed by atoms with Gasteiger partial charge < -0.3 is 10.2 Å². The molecule has 2 rings (SSSR count). The Bertz CT molecular complexity index is 444. The third kappa shape index (κ3) is 4.04. The van der Waals surface area contributed by atoms with Gasteiger partial charge in [0, 0.05) is 24.7 Å². The smallest absolute Gasteiger partial charge is 0.251 e. The lowest BCUT2D eigenvalue weighted by Gasteiger charge is -2.35. The first-order valence-electron chi connectivity index (χ1n) is 7.34. The molecular formula is C16H23FN2O. The fourth-order valence-electron chi connectivity index (χ4n) is 2.67. The van der Waals surface area contributed by atoms with Crippen LogP contribution in [-0.2, 0) is 0 Å². The molecule has 1 aromatic carbocycles. The van der Waals surface area contributed by atoms with Gasteiger partial charge in [0.25, 0.3) is 5.91 Å². The molecule has 0 aliphatic carbocycles. The molecule has 1 N–H and O–H groups in total. The number of nitrogens with one attached hydrogen (secondary N) is 1. The molecule has 1 amide bonds. The van der Waals surface area contributed by atoms with Crippen LogP contribution in [0.2, 0.25) is 0 Å². The second-order valence-corrected chi connectivity index (χ2v) is 5.81. The molecule has 1 aliphatic heterocycles. The SMILES string of the molecule is CC(C)N1CCC[C@H](CNC(=O)c2ccc(F)cc2)C1. The molecule has 3 nitrogen and oxygen atoms in total. The third-order valence-electron chi connectivity index (χ3n) is 3.94. The maximum Gasteiger partial charge on any atom is 0.251 e. The minimum Gasteiger partial charge on any atom is -0.352 e. The minimum atomic E-state index is -0.318. The van der Waals surface area contributed by atoms with Crippen molar-refractivity contribution >= 4 is 5.91 Å². The van der Waals surface area contributed by atoms with E-state index in [1.807, 2.05) is 0 Å². The van der Waals surface area contributed by atoms with Gasteiger partial charge in [0.1, 0.15) is 5.82 Å². The van der Waals surface area contributed by atoms with E-state index in [1.54, 1.807) is 0 Å². The number of likely N-dealkylation sites (tertiary alicyclic amines) is 1. The summed E-state index contributed by atoms with van der Waals surface area (Å²) in [6, 6.07) is 6.23. The average Bonchev–Trinajstić information content (AvgIpc) is 2.46. The lowest BCUT2D eigenvalue weighted by atomic mass is 9.97. The first kappa shape index (κ1) is 15.0. The van der Waals surface area contributed by atoms with Gasteiger partial charge >= 0.3 is 0 Å². The summed E-state index contributed by atoms with van der Waals surface area (Å²) in [5.74, 6) is 0.0728. The molecule has 1 heterocycles. The van der Waals surface area contributed by atoms with Gasteiger partial charge in [-0.15, -0.1) is 0 Å². The predicted molar refractivity (Wildman–Crippen MR) is 78.2 cm³/mol. The molecule has 4 heteroatoms. The Hall–Kier alpha value is -1.42. The van der Waals surface area contributed by atoms with Crippen LogP contribution < -0.4 is 5.32 Å². The molecule has 1 aromatic rings. The summed E-state index contributed by atoms with van der Waals surface area (Å²) >= 11 is 0. The van der Waals surface area contributed by atoms with Crippen molar-refractivity contribution in [3.63, 3.8) is 0 Å². The van der Waals surface area contributed by atoms with Crippen molar-refractivity contribution in [3.8, 4) is 0 Å². The van der Waals surface area contributed by atoms with E-state index in [-0.39, 0.29) is 11.7 Å². The summed E-state index contributed by atoms with van der Waals surface area (Å²) in [6.07, 6.45) is 2.35. The fraction of sp³-hybridized carbons (Fsp3) is 0.562. The largest absolute Gasteiger partial charge is 0.352 e. The molecule has 110 valence electrons. The second-order valence-electron chi connectivity index (χ2n) is 5.81. The lowest BCUT2D eigenvalue weighted by molar-refractivity contribution is 0.0922. The number of hydrogen-bond acceptors (Lipinski definition) is 2. The predicted octanol–water partition coefficient (Wildman–Crippen LogP) is 2.68. The highest BCUT2D eigenvalue weighted by atomic mass is 19.1. The van der Waals surface area contributed by atoms with E-state index in [4.69, 9.17) is 0 Å². The Morgan fingerprint density at radius 1 is 1.40 bits per heavy atom. The quantitative estimate of drug-likeness (QED) is 0.918. The Kier molecular flexibility index (Phi) is 5.12. The number of hydrogen-bond donors (Lipinski definition) is 1. The Morgan fingerprint density at radius 3 is 2.75 bits per heavy atom. The van der Waals surface area contributed by atoms with Gasteiger partial charge in [0.2, 0.25) is 0 Å². The minimum absolute atomic E-state index is 0.119. The fourth-order valence-corrected chi connectivity index (χ4v) is 2.67. The number of carbonyl (C=O) groups excluding carboxylic acids is 1. The van der Waals surface area contributed by atoms with E-state index >= 15 is 0 Å². The zero-order valence-corrected chi connectivity index (χ0v) is 12.2. The monoisotopic (exact) mass is 278 g/mol. The zero-order chi connectivity index (χ0) is 14.5. The highest BCUT2D eigenvalue weighted by Gasteiger charge is 2.22. The van der Waals surface area contributed by atoms with Crippen LogP contribution in [0, 0.1) is 11.7 Å². The van der Waals surface area contributed by atoms with Gasteiger partial charge in [-0.3, -0.25) is 4.79 Å². The first-order valence-corrected chi connectivity index (χ1v) is 7.34. The third-order valence-corrected chi connectivity index (χ3v) is 3.94. The number of nitrogens with zero attached hydrogens (tertiary/aromatic N) is 1. The highest BCUT2D eigenvalue weighted by molar-refractivity contribution is 5.94. The molecule has 0 bridgehead atoms. The Morgan fingerprint density at radius 2 is 2.10 bits per heavy atom. The average molecular weight is 278 g/mol. The van der Waals surface area contributed by atoms with Crippen LogP contribution in [0.5, 0.6) is 0 Å². The van der Waals surface area contributed by atoms with E-state index in [2.05, 4.69) is 24.1 Å². The van der Waals surface area contributed by atoms with Crippen molar-refractivity contribution in [2.45, 2.75) is 32.7 Å². The standard InChI is InChI=1S/C16H23FN2O/c1-12(2)19-9-3-4-13(11-19)10-18-16(20)14-5-7-15(17)8-6-14/h5-8,12-13H,3-4,9-11H2,1-2H3,(H,18,20)/t13-/m1/s1. The van der Waals surface area contributed by atoms with Crippen LogP contribution in [-0.4, -0.2) is 36.5 Å². The van der Waals surface area contributed by atoms with Gasteiger partial charge in [-0.25, -0.2) is 4.39 Å². The molecule has 0 unspecified atom stereocenters. The lowest BCUT2D eigenvalue weighted by Crippen LogP contribution is -2.43. The van der Waals surface area contributed by atoms with E-state index in [0.717, 1.165) is 19.5 Å². The van der Waals surface area contributed by atoms with Gasteiger partial charge in [-0.2, -0.15) is 0 Å². The summed E-state index contributed by atoms with van der Waals surface area (Å²) < 4.78 is 12.8. The summed E-state index contributed by atoms with van der Waals surface area (Å²) in [7, 11) is 0. The van der Waals surface area contributed by atoms with Gasteiger partial charge in [0.15, 0.2) is 0 Å². The van der Waals surface area contributed by atoms with Crippen LogP contribution in [0.25, 0.3) is 0 Å². The molecule has 0 saturated carbocycles. The molecular weight excluding hydrogens is 255 g/mol. The van der Waals surface area contributed by atoms with E-state index in [0.29, 0.717) is 24.1 Å². The second kappa shape index (κ2) is 6.84. The van der Waals surface area contributed by atoms with Crippen molar-refractivity contribution in [2.24, 2.45) is 5.92 Å². The molecule has 20 heavy (non-hydrogen) atoms. The van der Waals surface area contributed by atoms with Crippen molar-refractivity contribution in [1.29, 1.82) is 0 Å². The molecule has 0 spiro atoms. The van der Waals surface area contributed by atoms with Gasteiger partial charge in [0.05, 0.1) is 0 Å². The normalized spacial score (nSPS) is 20.1. The van der Waals surface area contributed by atoms with Crippen LogP contribution >= 0.6 is 0 Å². The number of benzene rings is 1. The number of rotatable bonds is 4. The van der Waals surface area contributed by atoms with Crippen molar-refractivity contribution in [1.82, 2.24) is 10.2 Å². The number of amides is 1. The summed E-state index contributed by atoms with van der Waals surface area (Å²) in [5, 5.41) is 2.96. The number of piperidine rings is 1. The maximum absolute atomic E-state index is 12.8. The van der Waals surface area contributed by atoms with Crippen molar-refractivity contribution < 1.29 is 9.18 Å². The van der Waals surface area contributed by atoms with Crippen molar-refractivity contribution in [3.05, 3.63) is 35.6 Å². The van der Waals surface area contributed by atoms with Crippen LogP contribution in [0.3, 0.4) is 0 Å². The summed E-state index contributed by atoms with van der Waals surface area (Å²) in [6.45, 7) is 7.31. The molecule has 1 saturated heterocycles. The topological polar surface area (TPSA) is 32.3 Å². The highest BCUT2D eigenvalue weighted by Crippen LogP contribution is 2.17. The van der Waals surface area contributed by atoms with Gasteiger partial charge in [-0.05, 0) is 63.4 Å². The van der Waals surface area contributed by atoms with Crippen LogP contribution in [0.15, 0.2) is 24.3 Å². The van der Waals surface area contributed by atoms with E-state index in [1.165, 1.54) is 30.7 Å². The van der Waals surface area contributed by atoms with Crippen LogP contribution in [0.4, 0.5) is 4.39 Å². The first-order chi connectivity index (χ1) is 9.56. The Balaban J connectivity index is 1.82. The molecule has 1 atom stereocenters. The molecule has 1 aliphatic rings. The summed E-state index contributed by atoms with van der Waals surface area (Å²) in [5.41, 5.74) is 0.517. The maximum atomic E-state index is 12.8. The summed E-state index contributed by atoms with van der Waals surface area (Å²) in [4.78, 5) is 14.4.